The van der Waals surface area contributed by atoms with Gasteiger partial charge in [0.2, 0.25) is 0 Å². The van der Waals surface area contributed by atoms with Crippen LogP contribution in [0.4, 0.5) is 0 Å². The number of carboxylic acid groups (broad SMARTS) is 1. The minimum atomic E-state index is -0.730. The van der Waals surface area contributed by atoms with Crippen molar-refractivity contribution in [2.45, 2.75) is 32.6 Å². The maximum absolute atomic E-state index is 10.7. The first kappa shape index (κ1) is 9.25. The molecule has 0 saturated carbocycles. The molecule has 2 aliphatic carbocycles. The van der Waals surface area contributed by atoms with Crippen molar-refractivity contribution in [3.05, 3.63) is 34.4 Å². The van der Waals surface area contributed by atoms with Gasteiger partial charge in [0.25, 0.3) is 0 Å². The Balaban J connectivity index is 2.31. The fourth-order valence-electron chi connectivity index (χ4n) is 2.23. The van der Waals surface area contributed by atoms with E-state index >= 15 is 0 Å². The normalized spacial score (nSPS) is 20.4. The number of carboxylic acids is 1. The van der Waals surface area contributed by atoms with E-state index in [-0.39, 0.29) is 6.42 Å². The van der Waals surface area contributed by atoms with Crippen molar-refractivity contribution in [2.75, 3.05) is 0 Å². The predicted molar refractivity (Wildman–Crippen MR) is 55.0 cm³/mol. The fraction of sp³-hybridized carbons (Fsp3) is 0.417. The lowest BCUT2D eigenvalue weighted by Crippen LogP contribution is -2.00. The van der Waals surface area contributed by atoms with Gasteiger partial charge in [0.1, 0.15) is 0 Å². The lowest BCUT2D eigenvalue weighted by atomic mass is 9.95. The van der Waals surface area contributed by atoms with Crippen molar-refractivity contribution in [1.82, 2.24) is 0 Å². The number of hydrogen-bond donors (Lipinski definition) is 1. The first-order valence-electron chi connectivity index (χ1n) is 4.99. The van der Waals surface area contributed by atoms with Gasteiger partial charge in [-0.25, -0.2) is 0 Å². The van der Waals surface area contributed by atoms with Crippen molar-refractivity contribution in [1.29, 1.82) is 0 Å². The maximum Gasteiger partial charge on any atom is 0.307 e. The van der Waals surface area contributed by atoms with Crippen LogP contribution < -0.4 is 0 Å². The third-order valence-corrected chi connectivity index (χ3v) is 2.88. The van der Waals surface area contributed by atoms with Gasteiger partial charge in [-0.3, -0.25) is 4.79 Å². The van der Waals surface area contributed by atoms with Gasteiger partial charge in [0.05, 0.1) is 6.42 Å². The molecule has 0 aliphatic heterocycles. The zero-order valence-corrected chi connectivity index (χ0v) is 8.34. The molecule has 2 rings (SSSR count). The Morgan fingerprint density at radius 3 is 2.86 bits per heavy atom. The van der Waals surface area contributed by atoms with Crippen LogP contribution in [0.1, 0.15) is 32.6 Å². The van der Waals surface area contributed by atoms with Crippen LogP contribution in [0, 0.1) is 0 Å². The van der Waals surface area contributed by atoms with Crippen LogP contribution in [0.2, 0.25) is 0 Å². The average molecular weight is 190 g/mol. The molecule has 0 aromatic heterocycles. The summed E-state index contributed by atoms with van der Waals surface area (Å²) in [6.45, 7) is 2.04. The van der Waals surface area contributed by atoms with Crippen LogP contribution in [0.15, 0.2) is 34.4 Å². The van der Waals surface area contributed by atoms with E-state index in [9.17, 15) is 4.79 Å². The SMILES string of the molecule is CC1=C(CC(=O)O)C2=CCCC=C2C1. The lowest BCUT2D eigenvalue weighted by molar-refractivity contribution is -0.136. The molecule has 0 aromatic carbocycles. The van der Waals surface area contributed by atoms with Gasteiger partial charge in [-0.15, -0.1) is 0 Å². The molecule has 0 amide bonds. The fourth-order valence-corrected chi connectivity index (χ4v) is 2.23. The topological polar surface area (TPSA) is 37.3 Å². The first-order chi connectivity index (χ1) is 6.68. The molecule has 2 aliphatic rings. The minimum absolute atomic E-state index is 0.176. The molecule has 0 saturated heterocycles. The first-order valence-corrected chi connectivity index (χ1v) is 4.99. The van der Waals surface area contributed by atoms with Crippen LogP contribution in [0.5, 0.6) is 0 Å². The molecule has 2 nitrogen and oxygen atoms in total. The molecular formula is C12H14O2. The smallest absolute Gasteiger partial charge is 0.307 e. The highest BCUT2D eigenvalue weighted by Gasteiger charge is 2.24. The van der Waals surface area contributed by atoms with Crippen molar-refractivity contribution in [2.24, 2.45) is 0 Å². The van der Waals surface area contributed by atoms with Gasteiger partial charge >= 0.3 is 5.97 Å². The second-order valence-corrected chi connectivity index (χ2v) is 3.93. The highest BCUT2D eigenvalue weighted by Crippen LogP contribution is 2.40. The zero-order valence-electron chi connectivity index (χ0n) is 8.34. The molecule has 0 radical (unpaired) electrons. The van der Waals surface area contributed by atoms with E-state index in [1.165, 1.54) is 16.7 Å². The summed E-state index contributed by atoms with van der Waals surface area (Å²) in [4.78, 5) is 10.7. The molecule has 0 atom stereocenters. The highest BCUT2D eigenvalue weighted by molar-refractivity contribution is 5.75. The zero-order chi connectivity index (χ0) is 10.1. The highest BCUT2D eigenvalue weighted by atomic mass is 16.4. The second-order valence-electron chi connectivity index (χ2n) is 3.93. The van der Waals surface area contributed by atoms with Crippen molar-refractivity contribution >= 4 is 5.97 Å². The summed E-state index contributed by atoms with van der Waals surface area (Å²) >= 11 is 0. The Morgan fingerprint density at radius 1 is 1.43 bits per heavy atom. The number of rotatable bonds is 2. The third-order valence-electron chi connectivity index (χ3n) is 2.88. The summed E-state index contributed by atoms with van der Waals surface area (Å²) in [5.41, 5.74) is 4.82. The van der Waals surface area contributed by atoms with Crippen LogP contribution in [0.3, 0.4) is 0 Å². The van der Waals surface area contributed by atoms with Gasteiger partial charge in [-0.1, -0.05) is 17.7 Å². The molecule has 0 heterocycles. The number of aliphatic carboxylic acids is 1. The van der Waals surface area contributed by atoms with Crippen LogP contribution in [0.25, 0.3) is 0 Å². The predicted octanol–water partition coefficient (Wildman–Crippen LogP) is 2.83. The Morgan fingerprint density at radius 2 is 2.14 bits per heavy atom. The monoisotopic (exact) mass is 190 g/mol. The van der Waals surface area contributed by atoms with Gasteiger partial charge in [0, 0.05) is 0 Å². The number of allylic oxidation sites excluding steroid dienone is 5. The van der Waals surface area contributed by atoms with E-state index in [0.717, 1.165) is 24.8 Å². The van der Waals surface area contributed by atoms with Gasteiger partial charge in [-0.05, 0) is 42.9 Å². The van der Waals surface area contributed by atoms with Crippen LogP contribution in [-0.2, 0) is 4.79 Å². The van der Waals surface area contributed by atoms with Crippen LogP contribution in [-0.4, -0.2) is 11.1 Å². The summed E-state index contributed by atoms with van der Waals surface area (Å²) in [7, 11) is 0. The molecular weight excluding hydrogens is 176 g/mol. The molecule has 0 spiro atoms. The Kier molecular flexibility index (Phi) is 2.28. The molecule has 0 bridgehead atoms. The molecule has 1 N–H and O–H groups in total. The summed E-state index contributed by atoms with van der Waals surface area (Å²) in [6.07, 6.45) is 7.71. The maximum atomic E-state index is 10.7. The van der Waals surface area contributed by atoms with Gasteiger partial charge < -0.3 is 5.11 Å². The number of carbonyl (C=O) groups is 1. The Bertz CT molecular complexity index is 370. The summed E-state index contributed by atoms with van der Waals surface area (Å²) in [5.74, 6) is -0.730. The van der Waals surface area contributed by atoms with Crippen LogP contribution >= 0.6 is 0 Å². The largest absolute Gasteiger partial charge is 0.481 e. The third kappa shape index (κ3) is 1.52. The molecule has 2 heteroatoms. The van der Waals surface area contributed by atoms with Crippen molar-refractivity contribution < 1.29 is 9.90 Å². The van der Waals surface area contributed by atoms with E-state index in [1.54, 1.807) is 0 Å². The number of fused-ring (bicyclic) bond motifs is 1. The second kappa shape index (κ2) is 3.45. The standard InChI is InChI=1S/C12H14O2/c1-8-6-9-4-2-3-5-10(9)11(8)7-12(13)14/h4-5H,2-3,6-7H2,1H3,(H,13,14). The number of hydrogen-bond acceptors (Lipinski definition) is 1. The minimum Gasteiger partial charge on any atom is -0.481 e. The van der Waals surface area contributed by atoms with E-state index < -0.39 is 5.97 Å². The molecule has 0 unspecified atom stereocenters. The molecule has 0 fully saturated rings. The summed E-state index contributed by atoms with van der Waals surface area (Å²) in [5, 5.41) is 8.80. The molecule has 14 heavy (non-hydrogen) atoms. The van der Waals surface area contributed by atoms with Gasteiger partial charge in [-0.2, -0.15) is 0 Å². The van der Waals surface area contributed by atoms with E-state index in [2.05, 4.69) is 12.2 Å². The molecule has 74 valence electrons. The lowest BCUT2D eigenvalue weighted by Gasteiger charge is -2.10. The average Bonchev–Trinajstić information content (AvgIpc) is 2.43. The quantitative estimate of drug-likeness (QED) is 0.727. The van der Waals surface area contributed by atoms with E-state index in [0.29, 0.717) is 0 Å². The van der Waals surface area contributed by atoms with Crippen molar-refractivity contribution in [3.8, 4) is 0 Å². The van der Waals surface area contributed by atoms with Crippen molar-refractivity contribution in [3.63, 3.8) is 0 Å². The summed E-state index contributed by atoms with van der Waals surface area (Å²) in [6, 6.07) is 0. The Hall–Kier alpha value is -1.31. The molecule has 0 aromatic rings. The van der Waals surface area contributed by atoms with E-state index in [1.807, 2.05) is 6.92 Å². The van der Waals surface area contributed by atoms with E-state index in [4.69, 9.17) is 5.11 Å². The van der Waals surface area contributed by atoms with Gasteiger partial charge in [0.15, 0.2) is 0 Å². The summed E-state index contributed by atoms with van der Waals surface area (Å²) < 4.78 is 0. The Labute approximate surface area is 83.6 Å².